The highest BCUT2D eigenvalue weighted by molar-refractivity contribution is 5.28. The highest BCUT2D eigenvalue weighted by Crippen LogP contribution is 2.30. The quantitative estimate of drug-likeness (QED) is 0.844. The summed E-state index contributed by atoms with van der Waals surface area (Å²) in [6.45, 7) is 5.93. The van der Waals surface area contributed by atoms with Crippen molar-refractivity contribution < 1.29 is 4.74 Å². The fraction of sp³-hybridized carbons (Fsp3) is 0.611. The lowest BCUT2D eigenvalue weighted by Crippen LogP contribution is -2.30. The number of rotatable bonds is 5. The van der Waals surface area contributed by atoms with Gasteiger partial charge in [-0.15, -0.1) is 5.10 Å². The van der Waals surface area contributed by atoms with Gasteiger partial charge in [-0.3, -0.25) is 4.90 Å². The van der Waals surface area contributed by atoms with Crippen molar-refractivity contribution in [2.45, 2.75) is 51.3 Å². The van der Waals surface area contributed by atoms with Gasteiger partial charge in [0.1, 0.15) is 0 Å². The molecule has 4 rings (SSSR count). The average Bonchev–Trinajstić information content (AvgIpc) is 3.34. The lowest BCUT2D eigenvalue weighted by molar-refractivity contribution is 0.0913. The van der Waals surface area contributed by atoms with Crippen molar-refractivity contribution >= 4 is 0 Å². The van der Waals surface area contributed by atoms with Crippen LogP contribution in [0.25, 0.3) is 0 Å². The number of aryl methyl sites for hydroxylation is 1. The van der Waals surface area contributed by atoms with Gasteiger partial charge >= 0.3 is 0 Å². The molecule has 0 radical (unpaired) electrons. The maximum atomic E-state index is 5.78. The topological polar surface area (TPSA) is 56.1 Å². The largest absolute Gasteiger partial charge is 0.376 e. The molecule has 128 valence electrons. The molecule has 24 heavy (non-hydrogen) atoms. The average molecular weight is 327 g/mol. The third-order valence-electron chi connectivity index (χ3n) is 5.10. The first-order chi connectivity index (χ1) is 11.8. The van der Waals surface area contributed by atoms with Crippen LogP contribution in [0.1, 0.15) is 48.7 Å². The number of hydrogen-bond acceptors (Lipinski definition) is 5. The molecular weight excluding hydrogens is 302 g/mol. The zero-order chi connectivity index (χ0) is 16.4. The second-order valence-electron chi connectivity index (χ2n) is 6.91. The van der Waals surface area contributed by atoms with Crippen molar-refractivity contribution in [3.05, 3.63) is 41.2 Å². The van der Waals surface area contributed by atoms with Crippen LogP contribution in [0.4, 0.5) is 0 Å². The molecule has 0 aliphatic carbocycles. The van der Waals surface area contributed by atoms with Gasteiger partial charge in [-0.25, -0.2) is 4.68 Å². The Kier molecular flexibility index (Phi) is 4.58. The van der Waals surface area contributed by atoms with Crippen LogP contribution in [-0.4, -0.2) is 50.9 Å². The van der Waals surface area contributed by atoms with Crippen LogP contribution in [0, 0.1) is 6.92 Å². The van der Waals surface area contributed by atoms with Crippen molar-refractivity contribution in [2.24, 2.45) is 0 Å². The molecule has 2 saturated heterocycles. The summed E-state index contributed by atoms with van der Waals surface area (Å²) in [7, 11) is 0. The highest BCUT2D eigenvalue weighted by atomic mass is 16.5. The summed E-state index contributed by atoms with van der Waals surface area (Å²) in [6, 6.07) is 8.90. The monoisotopic (exact) mass is 327 g/mol. The molecule has 0 spiro atoms. The van der Waals surface area contributed by atoms with E-state index in [1.807, 2.05) is 4.68 Å². The van der Waals surface area contributed by atoms with Gasteiger partial charge < -0.3 is 4.74 Å². The van der Waals surface area contributed by atoms with Crippen LogP contribution < -0.4 is 0 Å². The zero-order valence-electron chi connectivity index (χ0n) is 14.3. The molecule has 1 aromatic carbocycles. The number of likely N-dealkylation sites (tertiary alicyclic amines) is 1. The maximum Gasteiger partial charge on any atom is 0.173 e. The van der Waals surface area contributed by atoms with E-state index in [1.54, 1.807) is 0 Å². The van der Waals surface area contributed by atoms with Crippen LogP contribution in [0.5, 0.6) is 0 Å². The molecule has 1 aromatic heterocycles. The molecule has 0 amide bonds. The van der Waals surface area contributed by atoms with Gasteiger partial charge in [-0.2, -0.15) is 0 Å². The van der Waals surface area contributed by atoms with Gasteiger partial charge in [0.2, 0.25) is 0 Å². The summed E-state index contributed by atoms with van der Waals surface area (Å²) in [6.07, 6.45) is 4.96. The Balaban J connectivity index is 1.65. The van der Waals surface area contributed by atoms with E-state index in [-0.39, 0.29) is 12.1 Å². The second-order valence-corrected chi connectivity index (χ2v) is 6.91. The standard InChI is InChI=1S/C18H25N5O/c1-14-6-8-15(9-7-14)17(22-10-2-3-11-22)18-19-20-21-23(18)13-16-5-4-12-24-16/h6-9,16-17H,2-5,10-13H2,1H3/t16-,17-/m1/s1. The van der Waals surface area contributed by atoms with Crippen LogP contribution in [-0.2, 0) is 11.3 Å². The minimum atomic E-state index is 0.129. The van der Waals surface area contributed by atoms with Gasteiger partial charge in [-0.1, -0.05) is 29.8 Å². The number of tetrazole rings is 1. The highest BCUT2D eigenvalue weighted by Gasteiger charge is 2.30. The zero-order valence-corrected chi connectivity index (χ0v) is 14.3. The predicted octanol–water partition coefficient (Wildman–Crippen LogP) is 2.35. The van der Waals surface area contributed by atoms with Crippen molar-refractivity contribution in [1.29, 1.82) is 0 Å². The molecule has 0 unspecified atom stereocenters. The molecular formula is C18H25N5O. The number of nitrogens with zero attached hydrogens (tertiary/aromatic N) is 5. The summed E-state index contributed by atoms with van der Waals surface area (Å²) in [5.74, 6) is 0.941. The van der Waals surface area contributed by atoms with Crippen LogP contribution in [0.3, 0.4) is 0 Å². The number of hydrogen-bond donors (Lipinski definition) is 0. The minimum Gasteiger partial charge on any atom is -0.376 e. The first-order valence-electron chi connectivity index (χ1n) is 8.99. The van der Waals surface area contributed by atoms with E-state index >= 15 is 0 Å². The van der Waals surface area contributed by atoms with Crippen LogP contribution in [0.15, 0.2) is 24.3 Å². The predicted molar refractivity (Wildman–Crippen MR) is 90.6 cm³/mol. The molecule has 3 heterocycles. The fourth-order valence-electron chi connectivity index (χ4n) is 3.79. The third-order valence-corrected chi connectivity index (χ3v) is 5.10. The maximum absolute atomic E-state index is 5.78. The Morgan fingerprint density at radius 3 is 2.67 bits per heavy atom. The van der Waals surface area contributed by atoms with Crippen molar-refractivity contribution in [3.8, 4) is 0 Å². The summed E-state index contributed by atoms with van der Waals surface area (Å²) in [4.78, 5) is 2.50. The lowest BCUT2D eigenvalue weighted by atomic mass is 10.0. The molecule has 0 N–H and O–H groups in total. The molecule has 0 saturated carbocycles. The summed E-state index contributed by atoms with van der Waals surface area (Å²) < 4.78 is 7.74. The lowest BCUT2D eigenvalue weighted by Gasteiger charge is -2.27. The van der Waals surface area contributed by atoms with Crippen LogP contribution in [0.2, 0.25) is 0 Å². The van der Waals surface area contributed by atoms with Crippen molar-refractivity contribution in [1.82, 2.24) is 25.1 Å². The van der Waals surface area contributed by atoms with E-state index in [0.29, 0.717) is 0 Å². The first-order valence-corrected chi connectivity index (χ1v) is 8.99. The normalized spacial score (nSPS) is 23.0. The van der Waals surface area contributed by atoms with Gasteiger partial charge in [-0.05, 0) is 61.7 Å². The van der Waals surface area contributed by atoms with E-state index in [2.05, 4.69) is 51.6 Å². The molecule has 2 fully saturated rings. The molecule has 2 aliphatic rings. The van der Waals surface area contributed by atoms with E-state index in [1.165, 1.54) is 24.0 Å². The smallest absolute Gasteiger partial charge is 0.173 e. The van der Waals surface area contributed by atoms with Crippen LogP contribution >= 0.6 is 0 Å². The van der Waals surface area contributed by atoms with Gasteiger partial charge in [0.05, 0.1) is 18.7 Å². The molecule has 6 heteroatoms. The Bertz CT molecular complexity index is 656. The van der Waals surface area contributed by atoms with E-state index in [4.69, 9.17) is 4.74 Å². The Morgan fingerprint density at radius 1 is 1.17 bits per heavy atom. The summed E-state index contributed by atoms with van der Waals surface area (Å²) in [5, 5.41) is 12.7. The summed E-state index contributed by atoms with van der Waals surface area (Å²) >= 11 is 0. The third kappa shape index (κ3) is 3.21. The SMILES string of the molecule is Cc1ccc([C@H](c2nnnn2C[C@H]2CCCO2)N2CCCC2)cc1. The number of aromatic nitrogens is 4. The molecule has 2 aliphatic heterocycles. The molecule has 2 atom stereocenters. The molecule has 0 bridgehead atoms. The summed E-state index contributed by atoms with van der Waals surface area (Å²) in [5.41, 5.74) is 2.55. The van der Waals surface area contributed by atoms with E-state index < -0.39 is 0 Å². The first kappa shape index (κ1) is 15.7. The van der Waals surface area contributed by atoms with Gasteiger partial charge in [0.15, 0.2) is 5.82 Å². The van der Waals surface area contributed by atoms with Gasteiger partial charge in [0, 0.05) is 6.61 Å². The number of benzene rings is 1. The van der Waals surface area contributed by atoms with E-state index in [0.717, 1.165) is 44.9 Å². The minimum absolute atomic E-state index is 0.129. The Morgan fingerprint density at radius 2 is 1.96 bits per heavy atom. The van der Waals surface area contributed by atoms with Crippen molar-refractivity contribution in [2.75, 3.05) is 19.7 Å². The second kappa shape index (κ2) is 6.99. The van der Waals surface area contributed by atoms with Gasteiger partial charge in [0.25, 0.3) is 0 Å². The Hall–Kier alpha value is -1.79. The fourth-order valence-corrected chi connectivity index (χ4v) is 3.79. The van der Waals surface area contributed by atoms with Crippen molar-refractivity contribution in [3.63, 3.8) is 0 Å². The molecule has 2 aromatic rings. The number of ether oxygens (including phenoxy) is 1. The van der Waals surface area contributed by atoms with E-state index in [9.17, 15) is 0 Å². The molecule has 6 nitrogen and oxygen atoms in total. The Labute approximate surface area is 142 Å².